The van der Waals surface area contributed by atoms with E-state index < -0.39 is 77.7 Å². The maximum atomic E-state index is 13.7. The summed E-state index contributed by atoms with van der Waals surface area (Å²) < 4.78 is 5.57. The van der Waals surface area contributed by atoms with Crippen molar-refractivity contribution in [2.24, 2.45) is 28.7 Å². The van der Waals surface area contributed by atoms with E-state index in [1.807, 2.05) is 63.2 Å². The Hall–Kier alpha value is -4.66. The van der Waals surface area contributed by atoms with Crippen molar-refractivity contribution in [2.45, 2.75) is 111 Å². The molecule has 0 fully saturated rings. The van der Waals surface area contributed by atoms with Crippen molar-refractivity contribution in [3.8, 4) is 11.1 Å². The Labute approximate surface area is 319 Å². The lowest BCUT2D eigenvalue weighted by Crippen LogP contribution is -2.63. The number of unbranched alkanes of at least 4 members (excludes halogenated alkanes) is 2. The molecule has 3 unspecified atom stereocenters. The summed E-state index contributed by atoms with van der Waals surface area (Å²) in [7, 11) is 0. The molecule has 0 bridgehead atoms. The van der Waals surface area contributed by atoms with E-state index in [2.05, 4.69) is 16.0 Å². The summed E-state index contributed by atoms with van der Waals surface area (Å²) in [4.78, 5) is 80.0. The molecule has 0 spiro atoms. The number of aliphatic hydroxyl groups excluding tert-OH is 1. The van der Waals surface area contributed by atoms with Crippen molar-refractivity contribution >= 4 is 35.6 Å². The molecular formula is C40H60N6O8. The first-order chi connectivity index (χ1) is 25.5. The van der Waals surface area contributed by atoms with Gasteiger partial charge in [-0.2, -0.15) is 0 Å². The number of amides is 6. The third kappa shape index (κ3) is 13.0. The quantitative estimate of drug-likeness (QED) is 0.108. The van der Waals surface area contributed by atoms with E-state index in [4.69, 9.17) is 16.2 Å². The molecule has 0 heterocycles. The number of benzene rings is 2. The van der Waals surface area contributed by atoms with Gasteiger partial charge in [0.15, 0.2) is 0 Å². The summed E-state index contributed by atoms with van der Waals surface area (Å²) >= 11 is 0. The monoisotopic (exact) mass is 752 g/mol. The van der Waals surface area contributed by atoms with Crippen LogP contribution in [0.15, 0.2) is 54.6 Å². The number of ether oxygens (including phenoxy) is 1. The van der Waals surface area contributed by atoms with E-state index >= 15 is 0 Å². The van der Waals surface area contributed by atoms with E-state index in [0.29, 0.717) is 16.9 Å². The zero-order valence-electron chi connectivity index (χ0n) is 32.7. The molecular weight excluding hydrogens is 692 g/mol. The summed E-state index contributed by atoms with van der Waals surface area (Å²) in [5.74, 6) is -4.07. The van der Waals surface area contributed by atoms with E-state index in [1.54, 1.807) is 26.0 Å². The Kier molecular flexibility index (Phi) is 18.4. The van der Waals surface area contributed by atoms with E-state index in [-0.39, 0.29) is 31.9 Å². The first kappa shape index (κ1) is 45.5. The number of nitrogens with one attached hydrogen (secondary N) is 3. The van der Waals surface area contributed by atoms with Crippen LogP contribution in [-0.2, 0) is 35.3 Å². The summed E-state index contributed by atoms with van der Waals surface area (Å²) in [5.41, 5.74) is 13.4. The molecule has 14 nitrogen and oxygen atoms in total. The topological polar surface area (TPSA) is 223 Å². The highest BCUT2D eigenvalue weighted by Crippen LogP contribution is 2.30. The van der Waals surface area contributed by atoms with E-state index in [0.717, 1.165) is 24.0 Å². The third-order valence-electron chi connectivity index (χ3n) is 9.25. The minimum Gasteiger partial charge on any atom is -0.444 e. The number of aliphatic hydroxyl groups is 1. The fourth-order valence-electron chi connectivity index (χ4n) is 6.15. The van der Waals surface area contributed by atoms with Crippen LogP contribution in [-0.4, -0.2) is 83.0 Å². The maximum absolute atomic E-state index is 13.7. The van der Waals surface area contributed by atoms with Gasteiger partial charge in [-0.05, 0) is 55.2 Å². The van der Waals surface area contributed by atoms with Gasteiger partial charge in [0.1, 0.15) is 18.7 Å². The van der Waals surface area contributed by atoms with E-state index in [9.17, 15) is 33.9 Å². The molecule has 0 radical (unpaired) electrons. The second-order valence-corrected chi connectivity index (χ2v) is 14.7. The van der Waals surface area contributed by atoms with Crippen LogP contribution < -0.4 is 27.4 Å². The van der Waals surface area contributed by atoms with Crippen LogP contribution in [0.3, 0.4) is 0 Å². The summed E-state index contributed by atoms with van der Waals surface area (Å²) in [6.07, 6.45) is 1.63. The normalized spacial score (nSPS) is 14.6. The number of nitrogens with zero attached hydrogens (tertiary/aromatic N) is 1. The van der Waals surface area contributed by atoms with Crippen molar-refractivity contribution in [1.29, 1.82) is 0 Å². The molecule has 298 valence electrons. The van der Waals surface area contributed by atoms with Crippen molar-refractivity contribution in [2.75, 3.05) is 13.2 Å². The Bertz CT molecular complexity index is 1570. The van der Waals surface area contributed by atoms with Crippen molar-refractivity contribution < 1.29 is 38.6 Å². The summed E-state index contributed by atoms with van der Waals surface area (Å²) in [6, 6.07) is 11.7. The Morgan fingerprint density at radius 1 is 0.852 bits per heavy atom. The van der Waals surface area contributed by atoms with Gasteiger partial charge in [-0.1, -0.05) is 102 Å². The minimum absolute atomic E-state index is 0.111. The standard InChI is InChI=1S/C40H60N6O8/c1-8-9-11-20-32(48)44-36(50)33(26(4)5)45-37(51)34(42)40(24-47,21-25(2)3)23-43-35(49)28(7)46(38(52)27(6)41)39(53)54-22-30-18-14-15-19-31(30)29-16-12-10-13-17-29/h10,12-19,25-28,33-34,47H,8-9,11,20-24,41-42H2,1-7H3,(H,43,49)(H,45,51)(H,44,48,50)/t27-,28-,33?,34?,40?/m0/s1. The SMILES string of the molecule is CCCCCC(=O)NC(=O)C(NC(=O)C(N)C(CO)(CNC(=O)[C@H](C)N(C(=O)OCc1ccccc1-c1ccccc1)C(=O)[C@H](C)N)CC(C)C)C(C)C. The third-order valence-corrected chi connectivity index (χ3v) is 9.25. The fraction of sp³-hybridized carbons (Fsp3) is 0.550. The lowest BCUT2D eigenvalue weighted by molar-refractivity contribution is -0.139. The Balaban J connectivity index is 2.26. The second kappa shape index (κ2) is 21.9. The van der Waals surface area contributed by atoms with Gasteiger partial charge in [0.25, 0.3) is 0 Å². The van der Waals surface area contributed by atoms with Gasteiger partial charge >= 0.3 is 6.09 Å². The predicted molar refractivity (Wildman–Crippen MR) is 206 cm³/mol. The van der Waals surface area contributed by atoms with Crippen molar-refractivity contribution in [3.63, 3.8) is 0 Å². The molecule has 5 atom stereocenters. The summed E-state index contributed by atoms with van der Waals surface area (Å²) in [6.45, 7) is 10.7. The number of imide groups is 2. The van der Waals surface area contributed by atoms with Crippen LogP contribution in [0, 0.1) is 17.3 Å². The molecule has 0 saturated heterocycles. The molecule has 6 amide bonds. The number of carbonyl (C=O) groups is 6. The first-order valence-corrected chi connectivity index (χ1v) is 18.7. The van der Waals surface area contributed by atoms with Crippen molar-refractivity contribution in [1.82, 2.24) is 20.9 Å². The molecule has 0 saturated carbocycles. The zero-order chi connectivity index (χ0) is 40.6. The highest BCUT2D eigenvalue weighted by molar-refractivity contribution is 6.00. The molecule has 8 N–H and O–H groups in total. The molecule has 2 aromatic carbocycles. The van der Waals surface area contributed by atoms with Gasteiger partial charge in [0.2, 0.25) is 29.5 Å². The fourth-order valence-corrected chi connectivity index (χ4v) is 6.15. The number of carbonyl (C=O) groups excluding carboxylic acids is 6. The van der Waals surface area contributed by atoms with Gasteiger partial charge < -0.3 is 31.9 Å². The number of rotatable bonds is 20. The highest BCUT2D eigenvalue weighted by Gasteiger charge is 2.43. The second-order valence-electron chi connectivity index (χ2n) is 14.7. The molecule has 14 heteroatoms. The number of nitrogens with two attached hydrogens (primary N) is 2. The molecule has 0 aromatic heterocycles. The van der Waals surface area contributed by atoms with Gasteiger partial charge in [0, 0.05) is 18.4 Å². The van der Waals surface area contributed by atoms with Gasteiger partial charge in [-0.25, -0.2) is 9.69 Å². The van der Waals surface area contributed by atoms with Crippen LogP contribution >= 0.6 is 0 Å². The maximum Gasteiger partial charge on any atom is 0.417 e. The predicted octanol–water partition coefficient (Wildman–Crippen LogP) is 3.39. The van der Waals surface area contributed by atoms with Gasteiger partial charge in [-0.3, -0.25) is 29.3 Å². The average molecular weight is 753 g/mol. The smallest absolute Gasteiger partial charge is 0.417 e. The molecule has 0 aliphatic carbocycles. The molecule has 0 aliphatic heterocycles. The number of hydrogen-bond donors (Lipinski definition) is 6. The van der Waals surface area contributed by atoms with Crippen LogP contribution in [0.2, 0.25) is 0 Å². The molecule has 0 aliphatic rings. The first-order valence-electron chi connectivity index (χ1n) is 18.7. The van der Waals surface area contributed by atoms with Crippen LogP contribution in [0.25, 0.3) is 11.1 Å². The zero-order valence-corrected chi connectivity index (χ0v) is 32.7. The lowest BCUT2D eigenvalue weighted by atomic mass is 9.74. The van der Waals surface area contributed by atoms with Crippen LogP contribution in [0.1, 0.15) is 86.1 Å². The summed E-state index contributed by atoms with van der Waals surface area (Å²) in [5, 5.41) is 18.4. The molecule has 2 aromatic rings. The van der Waals surface area contributed by atoms with Crippen LogP contribution in [0.4, 0.5) is 4.79 Å². The largest absolute Gasteiger partial charge is 0.444 e. The number of hydrogen-bond acceptors (Lipinski definition) is 10. The van der Waals surface area contributed by atoms with Crippen LogP contribution in [0.5, 0.6) is 0 Å². The van der Waals surface area contributed by atoms with E-state index in [1.165, 1.54) is 13.8 Å². The molecule has 54 heavy (non-hydrogen) atoms. The Morgan fingerprint density at radius 3 is 2.06 bits per heavy atom. The highest BCUT2D eigenvalue weighted by atomic mass is 16.6. The lowest BCUT2D eigenvalue weighted by Gasteiger charge is -2.39. The molecule has 2 rings (SSSR count). The van der Waals surface area contributed by atoms with Crippen molar-refractivity contribution in [3.05, 3.63) is 60.2 Å². The Morgan fingerprint density at radius 2 is 1.48 bits per heavy atom. The van der Waals surface area contributed by atoms with Gasteiger partial charge in [0.05, 0.1) is 18.7 Å². The average Bonchev–Trinajstić information content (AvgIpc) is 3.14. The minimum atomic E-state index is -1.43. The van der Waals surface area contributed by atoms with Gasteiger partial charge in [-0.15, -0.1) is 0 Å².